The summed E-state index contributed by atoms with van der Waals surface area (Å²) in [5, 5.41) is 8.86. The summed E-state index contributed by atoms with van der Waals surface area (Å²) in [4.78, 5) is 0.150. The lowest BCUT2D eigenvalue weighted by molar-refractivity contribution is 0.472. The van der Waals surface area contributed by atoms with Gasteiger partial charge in [-0.1, -0.05) is 36.4 Å². The first-order valence-electron chi connectivity index (χ1n) is 6.54. The summed E-state index contributed by atoms with van der Waals surface area (Å²) in [5.41, 5.74) is 1.43. The monoisotopic (exact) mass is 300 g/mol. The van der Waals surface area contributed by atoms with Gasteiger partial charge in [0.15, 0.2) is 0 Å². The maximum atomic E-state index is 12.4. The number of nitrogens with zero attached hydrogens (tertiary/aromatic N) is 2. The van der Waals surface area contributed by atoms with E-state index in [1.54, 1.807) is 19.2 Å². The molecule has 0 saturated heterocycles. The summed E-state index contributed by atoms with van der Waals surface area (Å²) >= 11 is 0. The topological polar surface area (TPSA) is 61.2 Å². The van der Waals surface area contributed by atoms with Gasteiger partial charge in [0, 0.05) is 13.6 Å². The van der Waals surface area contributed by atoms with E-state index in [1.807, 2.05) is 36.4 Å². The molecule has 108 valence electrons. The molecule has 4 nitrogen and oxygen atoms in total. The summed E-state index contributed by atoms with van der Waals surface area (Å²) in [6.45, 7) is 0.392. The summed E-state index contributed by atoms with van der Waals surface area (Å²) in [6, 6.07) is 17.8. The van der Waals surface area contributed by atoms with Gasteiger partial charge in [0.2, 0.25) is 10.0 Å². The fourth-order valence-electron chi connectivity index (χ4n) is 1.96. The number of benzene rings is 2. The molecular weight excluding hydrogens is 284 g/mol. The molecule has 2 aromatic carbocycles. The number of sulfonamides is 1. The van der Waals surface area contributed by atoms with Gasteiger partial charge in [-0.25, -0.2) is 12.7 Å². The lowest BCUT2D eigenvalue weighted by Crippen LogP contribution is -2.29. The van der Waals surface area contributed by atoms with Gasteiger partial charge >= 0.3 is 0 Å². The van der Waals surface area contributed by atoms with Crippen LogP contribution in [0.4, 0.5) is 0 Å². The molecule has 2 aromatic rings. The van der Waals surface area contributed by atoms with Crippen molar-refractivity contribution in [1.82, 2.24) is 4.31 Å². The van der Waals surface area contributed by atoms with Crippen LogP contribution in [0.1, 0.15) is 11.1 Å². The molecule has 0 atom stereocenters. The number of hydrogen-bond acceptors (Lipinski definition) is 3. The predicted molar refractivity (Wildman–Crippen MR) is 81.1 cm³/mol. The van der Waals surface area contributed by atoms with Crippen molar-refractivity contribution in [3.63, 3.8) is 0 Å². The zero-order chi connectivity index (χ0) is 15.3. The molecule has 0 bridgehead atoms. The molecule has 0 amide bonds. The number of nitriles is 1. The van der Waals surface area contributed by atoms with Gasteiger partial charge in [-0.05, 0) is 30.2 Å². The van der Waals surface area contributed by atoms with Crippen molar-refractivity contribution in [2.75, 3.05) is 13.6 Å². The Balaban J connectivity index is 2.13. The van der Waals surface area contributed by atoms with Crippen LogP contribution in [0.25, 0.3) is 0 Å². The van der Waals surface area contributed by atoms with E-state index in [0.29, 0.717) is 18.5 Å². The highest BCUT2D eigenvalue weighted by Gasteiger charge is 2.20. The molecular formula is C16H16N2O2S. The molecule has 0 aliphatic rings. The Morgan fingerprint density at radius 1 is 1.10 bits per heavy atom. The van der Waals surface area contributed by atoms with Gasteiger partial charge in [0.05, 0.1) is 16.5 Å². The Kier molecular flexibility index (Phi) is 4.73. The van der Waals surface area contributed by atoms with E-state index in [4.69, 9.17) is 5.26 Å². The van der Waals surface area contributed by atoms with E-state index in [2.05, 4.69) is 0 Å². The number of likely N-dealkylation sites (N-methyl/N-ethyl adjacent to an activating group) is 1. The smallest absolute Gasteiger partial charge is 0.207 e. The van der Waals surface area contributed by atoms with Crippen LogP contribution in [0.2, 0.25) is 0 Å². The molecule has 2 rings (SSSR count). The first-order chi connectivity index (χ1) is 10.0. The molecule has 0 radical (unpaired) electrons. The van der Waals surface area contributed by atoms with Crippen LogP contribution in [-0.2, 0) is 16.4 Å². The second-order valence-electron chi connectivity index (χ2n) is 4.70. The molecule has 0 aromatic heterocycles. The highest BCUT2D eigenvalue weighted by atomic mass is 32.2. The van der Waals surface area contributed by atoms with E-state index in [0.717, 1.165) is 5.56 Å². The standard InChI is InChI=1S/C16H16N2O2S/c1-18(11-10-14-6-3-2-4-7-14)21(19,20)16-9-5-8-15(12-16)13-17/h2-9,12H,10-11H2,1H3. The minimum absolute atomic E-state index is 0.150. The molecule has 0 aliphatic heterocycles. The van der Waals surface area contributed by atoms with Crippen molar-refractivity contribution >= 4 is 10.0 Å². The molecule has 0 heterocycles. The van der Waals surface area contributed by atoms with Gasteiger partial charge in [0.1, 0.15) is 0 Å². The van der Waals surface area contributed by atoms with E-state index >= 15 is 0 Å². The van der Waals surface area contributed by atoms with Crippen molar-refractivity contribution in [2.24, 2.45) is 0 Å². The lowest BCUT2D eigenvalue weighted by Gasteiger charge is -2.17. The Morgan fingerprint density at radius 3 is 2.48 bits per heavy atom. The normalized spacial score (nSPS) is 11.3. The Labute approximate surface area is 125 Å². The van der Waals surface area contributed by atoms with Crippen molar-refractivity contribution in [2.45, 2.75) is 11.3 Å². The van der Waals surface area contributed by atoms with Crippen LogP contribution < -0.4 is 0 Å². The van der Waals surface area contributed by atoms with Crippen LogP contribution in [0.3, 0.4) is 0 Å². The van der Waals surface area contributed by atoms with Gasteiger partial charge in [-0.3, -0.25) is 0 Å². The number of rotatable bonds is 5. The second-order valence-corrected chi connectivity index (χ2v) is 6.75. The second kappa shape index (κ2) is 6.53. The zero-order valence-electron chi connectivity index (χ0n) is 11.7. The average Bonchev–Trinajstić information content (AvgIpc) is 2.53. The maximum Gasteiger partial charge on any atom is 0.242 e. The van der Waals surface area contributed by atoms with Gasteiger partial charge in [0.25, 0.3) is 0 Å². The van der Waals surface area contributed by atoms with Crippen molar-refractivity contribution in [3.05, 3.63) is 65.7 Å². The van der Waals surface area contributed by atoms with Gasteiger partial charge < -0.3 is 0 Å². The molecule has 0 saturated carbocycles. The first kappa shape index (κ1) is 15.2. The summed E-state index contributed by atoms with van der Waals surface area (Å²) < 4.78 is 26.2. The van der Waals surface area contributed by atoms with Crippen LogP contribution >= 0.6 is 0 Å². The quantitative estimate of drug-likeness (QED) is 0.852. The molecule has 0 spiro atoms. The Morgan fingerprint density at radius 2 is 1.81 bits per heavy atom. The molecule has 21 heavy (non-hydrogen) atoms. The Bertz CT molecular complexity index is 749. The molecule has 0 aliphatic carbocycles. The van der Waals surface area contributed by atoms with Crippen molar-refractivity contribution < 1.29 is 8.42 Å². The van der Waals surface area contributed by atoms with E-state index < -0.39 is 10.0 Å². The summed E-state index contributed by atoms with van der Waals surface area (Å²) in [5.74, 6) is 0. The van der Waals surface area contributed by atoms with Crippen LogP contribution in [0.5, 0.6) is 0 Å². The van der Waals surface area contributed by atoms with E-state index in [9.17, 15) is 8.42 Å². The summed E-state index contributed by atoms with van der Waals surface area (Å²) in [6.07, 6.45) is 0.647. The third-order valence-corrected chi connectivity index (χ3v) is 5.08. The predicted octanol–water partition coefficient (Wildman–Crippen LogP) is 2.42. The van der Waals surface area contributed by atoms with Gasteiger partial charge in [-0.2, -0.15) is 5.26 Å². The van der Waals surface area contributed by atoms with Crippen molar-refractivity contribution in [3.8, 4) is 6.07 Å². The minimum atomic E-state index is -3.56. The van der Waals surface area contributed by atoms with E-state index in [1.165, 1.54) is 16.4 Å². The maximum absolute atomic E-state index is 12.4. The molecule has 0 unspecified atom stereocenters. The van der Waals surface area contributed by atoms with Crippen molar-refractivity contribution in [1.29, 1.82) is 5.26 Å². The lowest BCUT2D eigenvalue weighted by atomic mass is 10.2. The van der Waals surface area contributed by atoms with Crippen LogP contribution in [0.15, 0.2) is 59.5 Å². The highest BCUT2D eigenvalue weighted by molar-refractivity contribution is 7.89. The SMILES string of the molecule is CN(CCc1ccccc1)S(=O)(=O)c1cccc(C#N)c1. The number of hydrogen-bond donors (Lipinski definition) is 0. The zero-order valence-corrected chi connectivity index (χ0v) is 12.5. The molecule has 5 heteroatoms. The third-order valence-electron chi connectivity index (χ3n) is 3.23. The highest BCUT2D eigenvalue weighted by Crippen LogP contribution is 2.16. The third kappa shape index (κ3) is 3.69. The first-order valence-corrected chi connectivity index (χ1v) is 7.98. The fraction of sp³-hybridized carbons (Fsp3) is 0.188. The molecule has 0 fully saturated rings. The fourth-order valence-corrected chi connectivity index (χ4v) is 3.18. The van der Waals surface area contributed by atoms with Crippen LogP contribution in [0, 0.1) is 11.3 Å². The minimum Gasteiger partial charge on any atom is -0.207 e. The molecule has 0 N–H and O–H groups in total. The average molecular weight is 300 g/mol. The largest absolute Gasteiger partial charge is 0.242 e. The van der Waals surface area contributed by atoms with E-state index in [-0.39, 0.29) is 4.90 Å². The Hall–Kier alpha value is -2.16. The van der Waals surface area contributed by atoms with Gasteiger partial charge in [-0.15, -0.1) is 0 Å². The van der Waals surface area contributed by atoms with Crippen LogP contribution in [-0.4, -0.2) is 26.3 Å². The summed E-state index contributed by atoms with van der Waals surface area (Å²) in [7, 11) is -2.01.